The van der Waals surface area contributed by atoms with Crippen LogP contribution in [0.25, 0.3) is 0 Å². The molecule has 0 heterocycles. The molecule has 0 rings (SSSR count). The molecule has 12 heavy (non-hydrogen) atoms. The van der Waals surface area contributed by atoms with Crippen LogP contribution >= 0.6 is 0 Å². The number of azo groups is 1. The lowest BCUT2D eigenvalue weighted by molar-refractivity contribution is -0.120. The van der Waals surface area contributed by atoms with Gasteiger partial charge in [-0.3, -0.25) is 9.59 Å². The van der Waals surface area contributed by atoms with Crippen molar-refractivity contribution < 1.29 is 9.59 Å². The number of amides is 2. The second-order valence-corrected chi connectivity index (χ2v) is 2.51. The molecule has 0 saturated heterocycles. The van der Waals surface area contributed by atoms with E-state index in [2.05, 4.69) is 10.2 Å². The van der Waals surface area contributed by atoms with Gasteiger partial charge in [-0.2, -0.15) is 0 Å². The Morgan fingerprint density at radius 2 is 1.83 bits per heavy atom. The van der Waals surface area contributed by atoms with Gasteiger partial charge in [-0.05, 0) is 13.8 Å². The van der Waals surface area contributed by atoms with Crippen LogP contribution in [0, 0.1) is 0 Å². The van der Waals surface area contributed by atoms with E-state index in [0.717, 1.165) is 5.57 Å². The first kappa shape index (κ1) is 10.7. The minimum absolute atomic E-state index is 0.269. The van der Waals surface area contributed by atoms with E-state index in [4.69, 9.17) is 0 Å². The molecule has 0 aliphatic heterocycles. The van der Waals surface area contributed by atoms with E-state index in [0.29, 0.717) is 0 Å². The van der Waals surface area contributed by atoms with E-state index >= 15 is 0 Å². The number of carbonyl (C=O) groups is 2. The van der Waals surface area contributed by atoms with E-state index in [1.165, 1.54) is 6.08 Å². The van der Waals surface area contributed by atoms with Crippen LogP contribution in [0.2, 0.25) is 0 Å². The largest absolute Gasteiger partial charge is 0.288 e. The maximum atomic E-state index is 10.8. The normalized spacial score (nSPS) is 9.92. The highest BCUT2D eigenvalue weighted by Crippen LogP contribution is 1.92. The molecule has 4 heteroatoms. The summed E-state index contributed by atoms with van der Waals surface area (Å²) in [4.78, 5) is 21.4. The molecule has 0 fully saturated rings. The average molecular weight is 168 g/mol. The van der Waals surface area contributed by atoms with Gasteiger partial charge in [0, 0.05) is 12.5 Å². The first-order chi connectivity index (χ1) is 5.56. The minimum atomic E-state index is -0.489. The van der Waals surface area contributed by atoms with Crippen LogP contribution in [0.1, 0.15) is 27.2 Å². The average Bonchev–Trinajstić information content (AvgIpc) is 1.99. The zero-order chi connectivity index (χ0) is 9.56. The Kier molecular flexibility index (Phi) is 4.76. The topological polar surface area (TPSA) is 58.9 Å². The van der Waals surface area contributed by atoms with Crippen molar-refractivity contribution >= 4 is 11.8 Å². The van der Waals surface area contributed by atoms with Crippen LogP contribution in [0.4, 0.5) is 0 Å². The quantitative estimate of drug-likeness (QED) is 0.466. The molecule has 66 valence electrons. The third-order valence-corrected chi connectivity index (χ3v) is 0.975. The summed E-state index contributed by atoms with van der Waals surface area (Å²) in [7, 11) is 0. The summed E-state index contributed by atoms with van der Waals surface area (Å²) >= 11 is 0. The van der Waals surface area contributed by atoms with Crippen molar-refractivity contribution in [2.45, 2.75) is 27.2 Å². The van der Waals surface area contributed by atoms with Crippen LogP contribution in [-0.2, 0) is 9.59 Å². The van der Waals surface area contributed by atoms with Gasteiger partial charge in [0.2, 0.25) is 0 Å². The van der Waals surface area contributed by atoms with Crippen molar-refractivity contribution in [3.63, 3.8) is 0 Å². The summed E-state index contributed by atoms with van der Waals surface area (Å²) < 4.78 is 0. The predicted octanol–water partition coefficient (Wildman–Crippen LogP) is 1.87. The number of rotatable bonds is 2. The lowest BCUT2D eigenvalue weighted by atomic mass is 10.3. The molecule has 0 N–H and O–H groups in total. The van der Waals surface area contributed by atoms with Gasteiger partial charge in [0.1, 0.15) is 0 Å². The molecule has 0 atom stereocenters. The number of hydrogen-bond acceptors (Lipinski definition) is 2. The molecule has 0 aromatic carbocycles. The minimum Gasteiger partial charge on any atom is -0.271 e. The Morgan fingerprint density at radius 3 is 2.25 bits per heavy atom. The van der Waals surface area contributed by atoms with Gasteiger partial charge in [0.05, 0.1) is 0 Å². The molecule has 0 aromatic rings. The monoisotopic (exact) mass is 168 g/mol. The Hall–Kier alpha value is -1.32. The molecule has 0 unspecified atom stereocenters. The molecule has 4 nitrogen and oxygen atoms in total. The molecular formula is C8H12N2O2. The zero-order valence-corrected chi connectivity index (χ0v) is 7.50. The fourth-order valence-corrected chi connectivity index (χ4v) is 0.452. The molecule has 0 aromatic heterocycles. The molecular weight excluding hydrogens is 156 g/mol. The van der Waals surface area contributed by atoms with E-state index in [-0.39, 0.29) is 12.3 Å². The Balaban J connectivity index is 4.10. The molecule has 0 saturated carbocycles. The van der Waals surface area contributed by atoms with Crippen LogP contribution in [0.15, 0.2) is 21.9 Å². The highest BCUT2D eigenvalue weighted by molar-refractivity contribution is 5.89. The van der Waals surface area contributed by atoms with E-state index in [9.17, 15) is 9.59 Å². The van der Waals surface area contributed by atoms with E-state index in [1.807, 2.05) is 0 Å². The van der Waals surface area contributed by atoms with Gasteiger partial charge < -0.3 is 0 Å². The summed E-state index contributed by atoms with van der Waals surface area (Å²) in [6.07, 6.45) is 1.60. The third kappa shape index (κ3) is 5.46. The number of hydrogen-bond donors (Lipinski definition) is 0. The van der Waals surface area contributed by atoms with Gasteiger partial charge >= 0.3 is 0 Å². The standard InChI is InChI=1S/C8H12N2O2/c1-4-7(11)9-10-8(12)5-6(2)3/h5H,4H2,1-3H3. The lowest BCUT2D eigenvalue weighted by Gasteiger charge is -1.85. The Labute approximate surface area is 71.4 Å². The van der Waals surface area contributed by atoms with Crippen molar-refractivity contribution in [3.8, 4) is 0 Å². The smallest absolute Gasteiger partial charge is 0.271 e. The van der Waals surface area contributed by atoms with Crippen LogP contribution < -0.4 is 0 Å². The first-order valence-corrected chi connectivity index (χ1v) is 3.69. The predicted molar refractivity (Wildman–Crippen MR) is 44.6 cm³/mol. The molecule has 0 aliphatic rings. The van der Waals surface area contributed by atoms with Gasteiger partial charge in [0.25, 0.3) is 11.8 Å². The Bertz CT molecular complexity index is 237. The highest BCUT2D eigenvalue weighted by Gasteiger charge is 1.95. The fraction of sp³-hybridized carbons (Fsp3) is 0.500. The van der Waals surface area contributed by atoms with Crippen molar-refractivity contribution in [1.29, 1.82) is 0 Å². The summed E-state index contributed by atoms with van der Waals surface area (Å²) in [5.74, 6) is -0.873. The van der Waals surface area contributed by atoms with E-state index < -0.39 is 5.91 Å². The van der Waals surface area contributed by atoms with Gasteiger partial charge in [-0.1, -0.05) is 12.5 Å². The van der Waals surface area contributed by atoms with E-state index in [1.54, 1.807) is 20.8 Å². The maximum Gasteiger partial charge on any atom is 0.288 e. The van der Waals surface area contributed by atoms with Crippen LogP contribution in [0.5, 0.6) is 0 Å². The molecule has 0 bridgehead atoms. The van der Waals surface area contributed by atoms with Crippen molar-refractivity contribution in [2.24, 2.45) is 10.2 Å². The van der Waals surface area contributed by atoms with Gasteiger partial charge in [-0.25, -0.2) is 0 Å². The first-order valence-electron chi connectivity index (χ1n) is 3.69. The van der Waals surface area contributed by atoms with Gasteiger partial charge in [0.15, 0.2) is 0 Å². The molecule has 2 amide bonds. The SMILES string of the molecule is CCC(=O)N=NC(=O)C=C(C)C. The Morgan fingerprint density at radius 1 is 1.25 bits per heavy atom. The zero-order valence-electron chi connectivity index (χ0n) is 7.50. The number of allylic oxidation sites excluding steroid dienone is 1. The molecule has 0 spiro atoms. The van der Waals surface area contributed by atoms with Crippen molar-refractivity contribution in [2.75, 3.05) is 0 Å². The van der Waals surface area contributed by atoms with Crippen molar-refractivity contribution in [3.05, 3.63) is 11.6 Å². The second-order valence-electron chi connectivity index (χ2n) is 2.51. The van der Waals surface area contributed by atoms with Crippen molar-refractivity contribution in [1.82, 2.24) is 0 Å². The molecule has 0 aliphatic carbocycles. The van der Waals surface area contributed by atoms with Crippen LogP contribution in [0.3, 0.4) is 0 Å². The molecule has 0 radical (unpaired) electrons. The number of carbonyl (C=O) groups excluding carboxylic acids is 2. The second kappa shape index (κ2) is 5.35. The lowest BCUT2D eigenvalue weighted by Crippen LogP contribution is -1.91. The van der Waals surface area contributed by atoms with Crippen LogP contribution in [-0.4, -0.2) is 11.8 Å². The summed E-state index contributed by atoms with van der Waals surface area (Å²) in [6.45, 7) is 5.21. The summed E-state index contributed by atoms with van der Waals surface area (Å²) in [5, 5.41) is 6.38. The fourth-order valence-electron chi connectivity index (χ4n) is 0.452. The summed E-state index contributed by atoms with van der Waals surface area (Å²) in [5.41, 5.74) is 0.836. The maximum absolute atomic E-state index is 10.8. The van der Waals surface area contributed by atoms with Gasteiger partial charge in [-0.15, -0.1) is 10.2 Å². The number of nitrogens with zero attached hydrogens (tertiary/aromatic N) is 2. The highest BCUT2D eigenvalue weighted by atomic mass is 16.2. The summed E-state index contributed by atoms with van der Waals surface area (Å²) in [6, 6.07) is 0. The third-order valence-electron chi connectivity index (χ3n) is 0.975.